The Balaban J connectivity index is 1.36. The number of aromatic nitrogens is 5. The molecule has 2 atom stereocenters. The molecule has 1 saturated carbocycles. The Morgan fingerprint density at radius 3 is 2.90 bits per heavy atom. The van der Waals surface area contributed by atoms with Gasteiger partial charge >= 0.3 is 0 Å². The van der Waals surface area contributed by atoms with Crippen LogP contribution in [0.2, 0.25) is 0 Å². The quantitative estimate of drug-likeness (QED) is 0.551. The van der Waals surface area contributed by atoms with Gasteiger partial charge in [0.25, 0.3) is 0 Å². The molecule has 3 aromatic heterocycles. The van der Waals surface area contributed by atoms with Crippen molar-refractivity contribution in [3.8, 4) is 0 Å². The lowest BCUT2D eigenvalue weighted by atomic mass is 9.86. The van der Waals surface area contributed by atoms with Crippen molar-refractivity contribution in [1.29, 1.82) is 0 Å². The van der Waals surface area contributed by atoms with Crippen molar-refractivity contribution < 1.29 is 4.52 Å². The van der Waals surface area contributed by atoms with Gasteiger partial charge in [0.1, 0.15) is 5.82 Å². The Bertz CT molecular complexity index is 1080. The monoisotopic (exact) mass is 468 g/mol. The minimum atomic E-state index is 0.357. The number of allylic oxidation sites excluding steroid dienone is 3. The summed E-state index contributed by atoms with van der Waals surface area (Å²) in [5.41, 5.74) is 3.07. The molecule has 8 heteroatoms. The second-order valence-electron chi connectivity index (χ2n) is 8.27. The molecule has 0 aliphatic heterocycles. The third-order valence-corrected chi connectivity index (χ3v) is 6.81. The lowest BCUT2D eigenvalue weighted by Crippen LogP contribution is -2.22. The zero-order valence-corrected chi connectivity index (χ0v) is 18.5. The van der Waals surface area contributed by atoms with Crippen LogP contribution >= 0.6 is 15.9 Å². The smallest absolute Gasteiger partial charge is 0.214 e. The van der Waals surface area contributed by atoms with E-state index in [9.17, 15) is 0 Å². The van der Waals surface area contributed by atoms with E-state index in [2.05, 4.69) is 67.7 Å². The Hall–Kier alpha value is -2.48. The van der Waals surface area contributed by atoms with Crippen LogP contribution in [0.15, 0.2) is 45.9 Å². The number of halogens is 1. The molecule has 0 bridgehead atoms. The summed E-state index contributed by atoms with van der Waals surface area (Å²) in [6.45, 7) is 3.03. The maximum Gasteiger partial charge on any atom is 0.214 e. The highest BCUT2D eigenvalue weighted by molar-refractivity contribution is 9.10. The lowest BCUT2D eigenvalue weighted by Gasteiger charge is -2.24. The predicted molar refractivity (Wildman–Crippen MR) is 119 cm³/mol. The third kappa shape index (κ3) is 3.80. The van der Waals surface area contributed by atoms with Crippen LogP contribution in [0.1, 0.15) is 56.5 Å². The van der Waals surface area contributed by atoms with Crippen LogP contribution in [0.4, 0.5) is 5.82 Å². The molecule has 5 rings (SSSR count). The summed E-state index contributed by atoms with van der Waals surface area (Å²) in [4.78, 5) is 9.08. The lowest BCUT2D eigenvalue weighted by molar-refractivity contribution is 0.415. The summed E-state index contributed by atoms with van der Waals surface area (Å²) in [6, 6.07) is 2.19. The minimum Gasteiger partial charge on any atom is -0.369 e. The topological polar surface area (TPSA) is 81.1 Å². The van der Waals surface area contributed by atoms with E-state index < -0.39 is 0 Å². The van der Waals surface area contributed by atoms with E-state index in [4.69, 9.17) is 9.51 Å². The Morgan fingerprint density at radius 2 is 2.13 bits per heavy atom. The van der Waals surface area contributed by atoms with Crippen molar-refractivity contribution in [3.63, 3.8) is 0 Å². The van der Waals surface area contributed by atoms with Crippen molar-refractivity contribution in [3.05, 3.63) is 52.9 Å². The van der Waals surface area contributed by atoms with Gasteiger partial charge in [0, 0.05) is 35.7 Å². The van der Waals surface area contributed by atoms with Crippen molar-refractivity contribution in [1.82, 2.24) is 24.7 Å². The first-order chi connectivity index (χ1) is 14.7. The first kappa shape index (κ1) is 19.5. The molecule has 2 aliphatic rings. The predicted octanol–water partition coefficient (Wildman–Crippen LogP) is 5.24. The zero-order chi connectivity index (χ0) is 20.5. The zero-order valence-electron chi connectivity index (χ0n) is 17.0. The van der Waals surface area contributed by atoms with Gasteiger partial charge in [0.15, 0.2) is 5.65 Å². The highest BCUT2D eigenvalue weighted by Gasteiger charge is 2.22. The van der Waals surface area contributed by atoms with Crippen molar-refractivity contribution in [2.75, 3.05) is 11.9 Å². The number of anilines is 1. The Morgan fingerprint density at radius 1 is 1.27 bits per heavy atom. The number of nitrogens with one attached hydrogen (secondary N) is 1. The molecule has 30 heavy (non-hydrogen) atoms. The van der Waals surface area contributed by atoms with Gasteiger partial charge in [0.2, 0.25) is 12.2 Å². The number of hydrogen-bond donors (Lipinski definition) is 1. The summed E-state index contributed by atoms with van der Waals surface area (Å²) in [6.07, 6.45) is 16.1. The Labute approximate surface area is 183 Å². The summed E-state index contributed by atoms with van der Waals surface area (Å²) in [7, 11) is 0. The van der Waals surface area contributed by atoms with Crippen molar-refractivity contribution in [2.45, 2.75) is 44.9 Å². The van der Waals surface area contributed by atoms with Gasteiger partial charge in [-0.25, -0.2) is 4.98 Å². The minimum absolute atomic E-state index is 0.357. The average molecular weight is 469 g/mol. The molecule has 7 nitrogen and oxygen atoms in total. The van der Waals surface area contributed by atoms with Gasteiger partial charge in [-0.1, -0.05) is 49.6 Å². The van der Waals surface area contributed by atoms with Crippen LogP contribution < -0.4 is 5.32 Å². The van der Waals surface area contributed by atoms with Gasteiger partial charge in [-0.3, -0.25) is 0 Å². The highest BCUT2D eigenvalue weighted by atomic mass is 79.9. The van der Waals surface area contributed by atoms with Gasteiger partial charge < -0.3 is 9.84 Å². The highest BCUT2D eigenvalue weighted by Crippen LogP contribution is 2.34. The van der Waals surface area contributed by atoms with E-state index >= 15 is 0 Å². The van der Waals surface area contributed by atoms with Crippen LogP contribution in [-0.4, -0.2) is 31.3 Å². The van der Waals surface area contributed by atoms with Crippen LogP contribution in [0.5, 0.6) is 0 Å². The molecule has 3 aromatic rings. The maximum absolute atomic E-state index is 4.93. The average Bonchev–Trinajstić information content (AvgIpc) is 3.44. The normalized spacial score (nSPS) is 22.4. The van der Waals surface area contributed by atoms with Gasteiger partial charge in [0.05, 0.1) is 10.7 Å². The number of hydrogen-bond acceptors (Lipinski definition) is 6. The molecule has 0 amide bonds. The van der Waals surface area contributed by atoms with Crippen LogP contribution in [-0.2, 0) is 0 Å². The fraction of sp³-hybridized carbons (Fsp3) is 0.455. The van der Waals surface area contributed by atoms with E-state index in [0.717, 1.165) is 28.1 Å². The molecule has 3 heterocycles. The fourth-order valence-electron chi connectivity index (χ4n) is 4.48. The van der Waals surface area contributed by atoms with Crippen molar-refractivity contribution in [2.24, 2.45) is 11.8 Å². The molecule has 0 radical (unpaired) electrons. The maximum atomic E-state index is 4.93. The van der Waals surface area contributed by atoms with E-state index in [-0.39, 0.29) is 0 Å². The molecule has 0 aromatic carbocycles. The van der Waals surface area contributed by atoms with E-state index in [1.54, 1.807) is 0 Å². The van der Waals surface area contributed by atoms with Crippen molar-refractivity contribution >= 4 is 33.0 Å². The Kier molecular flexibility index (Phi) is 5.41. The molecule has 1 fully saturated rings. The molecular weight excluding hydrogens is 444 g/mol. The number of nitrogens with zero attached hydrogens (tertiary/aromatic N) is 5. The van der Waals surface area contributed by atoms with Crippen LogP contribution in [0, 0.1) is 11.8 Å². The van der Waals surface area contributed by atoms with E-state index in [0.29, 0.717) is 23.6 Å². The summed E-state index contributed by atoms with van der Waals surface area (Å²) < 4.78 is 7.70. The third-order valence-electron chi connectivity index (χ3n) is 6.25. The fourth-order valence-corrected chi connectivity index (χ4v) is 4.82. The molecule has 2 unspecified atom stereocenters. The first-order valence-corrected chi connectivity index (χ1v) is 11.4. The SMILES string of the molecule is CC1C=C(c2ncon2)C=CC1CNc1cc(C2CCCCC2)nc2c(Br)cnn12. The van der Waals surface area contributed by atoms with Gasteiger partial charge in [-0.15, -0.1) is 0 Å². The molecule has 0 spiro atoms. The van der Waals surface area contributed by atoms with Crippen LogP contribution in [0.25, 0.3) is 11.2 Å². The van der Waals surface area contributed by atoms with Crippen LogP contribution in [0.3, 0.4) is 0 Å². The van der Waals surface area contributed by atoms with E-state index in [1.165, 1.54) is 44.2 Å². The molecular formula is C22H25BrN6O. The number of rotatable bonds is 5. The molecule has 2 aliphatic carbocycles. The summed E-state index contributed by atoms with van der Waals surface area (Å²) >= 11 is 3.61. The molecule has 156 valence electrons. The van der Waals surface area contributed by atoms with E-state index in [1.807, 2.05) is 10.7 Å². The largest absolute Gasteiger partial charge is 0.369 e. The second kappa shape index (κ2) is 8.34. The number of fused-ring (bicyclic) bond motifs is 1. The standard InChI is InChI=1S/C22H25BrN6O/c1-14-9-16(21-25-13-30-28-21)7-8-17(14)11-24-20-10-19(15-5-3-2-4-6-15)27-22-18(23)12-26-29(20)22/h7-10,12-15,17,24H,2-6,11H2,1H3. The summed E-state index contributed by atoms with van der Waals surface area (Å²) in [5, 5.41) is 12.1. The summed E-state index contributed by atoms with van der Waals surface area (Å²) in [5.74, 6) is 2.90. The molecule has 0 saturated heterocycles. The second-order valence-corrected chi connectivity index (χ2v) is 9.12. The van der Waals surface area contributed by atoms with Gasteiger partial charge in [-0.05, 0) is 34.7 Å². The first-order valence-electron chi connectivity index (χ1n) is 10.6. The molecule has 1 N–H and O–H groups in total. The van der Waals surface area contributed by atoms with Gasteiger partial charge in [-0.2, -0.15) is 14.6 Å².